The second-order valence-electron chi connectivity index (χ2n) is 6.77. The van der Waals surface area contributed by atoms with Gasteiger partial charge in [-0.15, -0.1) is 11.3 Å². The number of carbonyl (C=O) groups is 2. The molecule has 2 amide bonds. The number of hydrogen-bond acceptors (Lipinski definition) is 5. The van der Waals surface area contributed by atoms with Crippen molar-refractivity contribution in [3.05, 3.63) is 40.3 Å². The molecule has 2 heterocycles. The van der Waals surface area contributed by atoms with Gasteiger partial charge in [-0.1, -0.05) is 0 Å². The minimum absolute atomic E-state index is 0.0745. The van der Waals surface area contributed by atoms with E-state index in [2.05, 4.69) is 11.4 Å². The average Bonchev–Trinajstić information content (AvgIpc) is 3.36. The molecule has 1 aromatic carbocycles. The predicted molar refractivity (Wildman–Crippen MR) is 103 cm³/mol. The molecule has 1 atom stereocenters. The summed E-state index contributed by atoms with van der Waals surface area (Å²) in [6.45, 7) is 0.337. The number of benzene rings is 1. The van der Waals surface area contributed by atoms with Gasteiger partial charge in [0.05, 0.1) is 18.6 Å². The highest BCUT2D eigenvalue weighted by Crippen LogP contribution is 2.39. The molecule has 1 aliphatic heterocycles. The maximum atomic E-state index is 12.7. The fourth-order valence-corrected chi connectivity index (χ4v) is 4.96. The number of carbonyl (C=O) groups excluding carboxylic acids is 2. The molecular formula is C20H19N3O3S. The van der Waals surface area contributed by atoms with Gasteiger partial charge in [-0.05, 0) is 49.1 Å². The van der Waals surface area contributed by atoms with Crippen LogP contribution >= 0.6 is 11.3 Å². The standard InChI is InChI=1S/C20H19N3O3S/c1-26-14-7-5-13(6-8-14)23-11-12(9-18(23)24)19(25)22-20-16(10-21)15-3-2-4-17(15)27-20/h5-8,12H,2-4,9,11H2,1H3,(H,22,25). The number of nitriles is 1. The second kappa shape index (κ2) is 7.05. The van der Waals surface area contributed by atoms with Crippen LogP contribution in [0.25, 0.3) is 0 Å². The van der Waals surface area contributed by atoms with Crippen molar-refractivity contribution in [1.82, 2.24) is 0 Å². The smallest absolute Gasteiger partial charge is 0.230 e. The summed E-state index contributed by atoms with van der Waals surface area (Å²) in [5.74, 6) is 0.0165. The van der Waals surface area contributed by atoms with Crippen LogP contribution in [-0.4, -0.2) is 25.5 Å². The summed E-state index contributed by atoms with van der Waals surface area (Å²) in [6, 6.07) is 9.45. The first-order chi connectivity index (χ1) is 13.1. The number of nitrogens with zero attached hydrogens (tertiary/aromatic N) is 2. The number of rotatable bonds is 4. The van der Waals surface area contributed by atoms with Crippen LogP contribution in [0.2, 0.25) is 0 Å². The van der Waals surface area contributed by atoms with Gasteiger partial charge in [0.15, 0.2) is 0 Å². The van der Waals surface area contributed by atoms with E-state index >= 15 is 0 Å². The summed E-state index contributed by atoms with van der Waals surface area (Å²) < 4.78 is 5.14. The maximum Gasteiger partial charge on any atom is 0.230 e. The van der Waals surface area contributed by atoms with E-state index in [0.29, 0.717) is 17.1 Å². The van der Waals surface area contributed by atoms with Crippen LogP contribution in [0.3, 0.4) is 0 Å². The van der Waals surface area contributed by atoms with E-state index in [1.807, 2.05) is 12.1 Å². The normalized spacial score (nSPS) is 18.3. The van der Waals surface area contributed by atoms with Gasteiger partial charge in [0.1, 0.15) is 16.8 Å². The molecule has 0 spiro atoms. The van der Waals surface area contributed by atoms with Crippen LogP contribution in [0, 0.1) is 17.2 Å². The molecule has 0 radical (unpaired) electrons. The molecule has 0 bridgehead atoms. The number of nitrogens with one attached hydrogen (secondary N) is 1. The van der Waals surface area contributed by atoms with Gasteiger partial charge in [-0.2, -0.15) is 5.26 Å². The summed E-state index contributed by atoms with van der Waals surface area (Å²) in [4.78, 5) is 27.9. The number of anilines is 2. The Morgan fingerprint density at radius 2 is 2.11 bits per heavy atom. The van der Waals surface area contributed by atoms with Crippen molar-refractivity contribution in [2.45, 2.75) is 25.7 Å². The topological polar surface area (TPSA) is 82.4 Å². The van der Waals surface area contributed by atoms with E-state index in [1.54, 1.807) is 24.1 Å². The van der Waals surface area contributed by atoms with E-state index in [0.717, 1.165) is 36.3 Å². The van der Waals surface area contributed by atoms with Crippen LogP contribution in [0.5, 0.6) is 5.75 Å². The lowest BCUT2D eigenvalue weighted by Gasteiger charge is -2.17. The Morgan fingerprint density at radius 1 is 1.33 bits per heavy atom. The van der Waals surface area contributed by atoms with E-state index in [4.69, 9.17) is 4.74 Å². The van der Waals surface area contributed by atoms with Gasteiger partial charge < -0.3 is 15.0 Å². The Balaban J connectivity index is 1.47. The van der Waals surface area contributed by atoms with Crippen LogP contribution in [0.1, 0.15) is 28.8 Å². The highest BCUT2D eigenvalue weighted by Gasteiger charge is 2.36. The van der Waals surface area contributed by atoms with E-state index in [1.165, 1.54) is 16.2 Å². The number of methoxy groups -OCH3 is 1. The van der Waals surface area contributed by atoms with E-state index < -0.39 is 5.92 Å². The average molecular weight is 381 g/mol. The number of fused-ring (bicyclic) bond motifs is 1. The molecule has 4 rings (SSSR count). The monoisotopic (exact) mass is 381 g/mol. The number of aryl methyl sites for hydroxylation is 1. The zero-order valence-corrected chi connectivity index (χ0v) is 15.8. The molecule has 1 fully saturated rings. The molecule has 138 valence electrons. The van der Waals surface area contributed by atoms with Crippen molar-refractivity contribution in [3.8, 4) is 11.8 Å². The van der Waals surface area contributed by atoms with Gasteiger partial charge >= 0.3 is 0 Å². The molecule has 2 aliphatic rings. The number of thiophene rings is 1. The minimum Gasteiger partial charge on any atom is -0.497 e. The molecular weight excluding hydrogens is 362 g/mol. The highest BCUT2D eigenvalue weighted by atomic mass is 32.1. The third-order valence-electron chi connectivity index (χ3n) is 5.15. The van der Waals surface area contributed by atoms with Crippen molar-refractivity contribution in [1.29, 1.82) is 5.26 Å². The highest BCUT2D eigenvalue weighted by molar-refractivity contribution is 7.16. The zero-order valence-electron chi connectivity index (χ0n) is 14.9. The van der Waals surface area contributed by atoms with Crippen LogP contribution in [-0.2, 0) is 22.4 Å². The Morgan fingerprint density at radius 3 is 2.81 bits per heavy atom. The molecule has 1 aliphatic carbocycles. The molecule has 0 saturated carbocycles. The number of amides is 2. The summed E-state index contributed by atoms with van der Waals surface area (Å²) in [7, 11) is 1.59. The van der Waals surface area contributed by atoms with Crippen molar-refractivity contribution in [3.63, 3.8) is 0 Å². The Bertz CT molecular complexity index is 943. The Labute approximate surface area is 161 Å². The van der Waals surface area contributed by atoms with Gasteiger partial charge in [-0.25, -0.2) is 0 Å². The third-order valence-corrected chi connectivity index (χ3v) is 6.36. The van der Waals surface area contributed by atoms with Gasteiger partial charge in [-0.3, -0.25) is 9.59 Å². The summed E-state index contributed by atoms with van der Waals surface area (Å²) in [5.41, 5.74) is 2.43. The molecule has 6 nitrogen and oxygen atoms in total. The first kappa shape index (κ1) is 17.6. The predicted octanol–water partition coefficient (Wildman–Crippen LogP) is 3.11. The summed E-state index contributed by atoms with van der Waals surface area (Å²) >= 11 is 1.50. The Kier molecular flexibility index (Phi) is 4.58. The SMILES string of the molecule is COc1ccc(N2CC(C(=O)Nc3sc4c(c3C#N)CCC4)CC2=O)cc1. The molecule has 27 heavy (non-hydrogen) atoms. The first-order valence-corrected chi connectivity index (χ1v) is 9.72. The maximum absolute atomic E-state index is 12.7. The number of hydrogen-bond donors (Lipinski definition) is 1. The second-order valence-corrected chi connectivity index (χ2v) is 7.87. The molecule has 7 heteroatoms. The summed E-state index contributed by atoms with van der Waals surface area (Å²) in [5, 5.41) is 13.0. The number of ether oxygens (including phenoxy) is 1. The van der Waals surface area contributed by atoms with Gasteiger partial charge in [0.25, 0.3) is 0 Å². The van der Waals surface area contributed by atoms with E-state index in [9.17, 15) is 14.9 Å². The zero-order chi connectivity index (χ0) is 19.0. The van der Waals surface area contributed by atoms with Gasteiger partial charge in [0, 0.05) is 23.5 Å². The molecule has 1 unspecified atom stereocenters. The van der Waals surface area contributed by atoms with Crippen molar-refractivity contribution >= 4 is 33.8 Å². The molecule has 1 aromatic heterocycles. The fourth-order valence-electron chi connectivity index (χ4n) is 3.72. The van der Waals surface area contributed by atoms with Crippen molar-refractivity contribution in [2.24, 2.45) is 5.92 Å². The molecule has 1 N–H and O–H groups in total. The quantitative estimate of drug-likeness (QED) is 0.882. The fraction of sp³-hybridized carbons (Fsp3) is 0.350. The van der Waals surface area contributed by atoms with Crippen LogP contribution in [0.15, 0.2) is 24.3 Å². The molecule has 1 saturated heterocycles. The lowest BCUT2D eigenvalue weighted by Crippen LogP contribution is -2.28. The van der Waals surface area contributed by atoms with Crippen molar-refractivity contribution in [2.75, 3.05) is 23.9 Å². The largest absolute Gasteiger partial charge is 0.497 e. The van der Waals surface area contributed by atoms with Gasteiger partial charge in [0.2, 0.25) is 11.8 Å². The minimum atomic E-state index is -0.428. The van der Waals surface area contributed by atoms with Crippen LogP contribution < -0.4 is 15.0 Å². The summed E-state index contributed by atoms with van der Waals surface area (Å²) in [6.07, 6.45) is 3.11. The first-order valence-electron chi connectivity index (χ1n) is 8.90. The van der Waals surface area contributed by atoms with Crippen molar-refractivity contribution < 1.29 is 14.3 Å². The molecule has 2 aromatic rings. The lowest BCUT2D eigenvalue weighted by atomic mass is 10.1. The van der Waals surface area contributed by atoms with E-state index in [-0.39, 0.29) is 18.2 Å². The van der Waals surface area contributed by atoms with Crippen LogP contribution in [0.4, 0.5) is 10.7 Å². The Hall–Kier alpha value is -2.85. The third kappa shape index (κ3) is 3.17. The lowest BCUT2D eigenvalue weighted by molar-refractivity contribution is -0.122.